The Hall–Kier alpha value is -5.27. The maximum atomic E-state index is 14.5. The van der Waals surface area contributed by atoms with E-state index in [1.165, 1.54) is 17.3 Å². The van der Waals surface area contributed by atoms with Crippen molar-refractivity contribution in [1.29, 1.82) is 0 Å². The number of hydrogen-bond acceptors (Lipinski definition) is 8. The molecule has 1 aromatic heterocycles. The fraction of sp³-hybridized carbons (Fsp3) is 0.513. The summed E-state index contributed by atoms with van der Waals surface area (Å²) in [6.45, 7) is 4.27. The average molecular weight is 729 g/mol. The zero-order valence-corrected chi connectivity index (χ0v) is 30.2. The van der Waals surface area contributed by atoms with Gasteiger partial charge in [0.05, 0.1) is 12.1 Å². The van der Waals surface area contributed by atoms with E-state index in [0.29, 0.717) is 32.4 Å². The molecule has 1 unspecified atom stereocenters. The van der Waals surface area contributed by atoms with Gasteiger partial charge in [-0.1, -0.05) is 63.1 Å². The molecule has 6 rings (SSSR count). The van der Waals surface area contributed by atoms with Crippen molar-refractivity contribution in [2.75, 3.05) is 13.1 Å². The van der Waals surface area contributed by atoms with E-state index in [9.17, 15) is 33.9 Å². The highest BCUT2D eigenvalue weighted by molar-refractivity contribution is 5.99. The third-order valence-electron chi connectivity index (χ3n) is 10.8. The van der Waals surface area contributed by atoms with Crippen molar-refractivity contribution in [2.24, 2.45) is 11.8 Å². The lowest BCUT2D eigenvalue weighted by Crippen LogP contribution is -2.58. The number of carboxylic acids is 1. The Labute approximate surface area is 308 Å². The van der Waals surface area contributed by atoms with Crippen LogP contribution < -0.4 is 16.0 Å². The van der Waals surface area contributed by atoms with Crippen LogP contribution in [-0.4, -0.2) is 98.4 Å². The highest BCUT2D eigenvalue weighted by atomic mass is 16.6. The summed E-state index contributed by atoms with van der Waals surface area (Å²) in [5, 5.41) is 18.5. The highest BCUT2D eigenvalue weighted by Crippen LogP contribution is 2.45. The summed E-state index contributed by atoms with van der Waals surface area (Å²) in [7, 11) is 0. The van der Waals surface area contributed by atoms with Crippen LogP contribution in [-0.2, 0) is 36.9 Å². The predicted octanol–water partition coefficient (Wildman–Crippen LogP) is 2.97. The number of nitrogens with zero attached hydrogens (tertiary/aromatic N) is 3. The summed E-state index contributed by atoms with van der Waals surface area (Å²) in [4.78, 5) is 88.1. The topological polar surface area (TPSA) is 187 Å². The molecule has 2 fully saturated rings. The lowest BCUT2D eigenvalue weighted by Gasteiger charge is -2.31. The van der Waals surface area contributed by atoms with Crippen LogP contribution in [0.25, 0.3) is 0 Å². The third-order valence-corrected chi connectivity index (χ3v) is 10.8. The van der Waals surface area contributed by atoms with Crippen molar-refractivity contribution in [3.05, 3.63) is 77.6 Å². The number of nitrogens with one attached hydrogen (secondary N) is 3. The minimum absolute atomic E-state index is 0.0413. The van der Waals surface area contributed by atoms with Crippen molar-refractivity contribution >= 4 is 35.7 Å². The van der Waals surface area contributed by atoms with E-state index in [-0.39, 0.29) is 37.3 Å². The number of benzene rings is 1. The monoisotopic (exact) mass is 728 g/mol. The zero-order chi connectivity index (χ0) is 37.7. The Morgan fingerprint density at radius 1 is 1.06 bits per heavy atom. The van der Waals surface area contributed by atoms with E-state index in [2.05, 4.69) is 20.9 Å². The van der Waals surface area contributed by atoms with Gasteiger partial charge in [0.2, 0.25) is 17.7 Å². The standard InChI is InChI=1S/C39H48N6O8/c1-24(2)32(42-33(46)26-13-10-17-40-21-26)35(48)41-30-15-7-5-3-4-6-14-28-20-39(28,37(50)51)43-34(47)31-19-29(23-45(31)36(30)49)53-38(52)44-18-16-25-11-8-9-12-27(25)22-44/h6,8-14,17,21,24,28-32H,3-5,7,15-16,18-20,22-23H2,1-2H3,(H,41,48)(H,42,46)(H,43,47)(H,50,51)/b14-6-/t28-,29-,30+,31+,32?,39-/m1/s1. The minimum Gasteiger partial charge on any atom is -0.479 e. The molecular formula is C39H48N6O8. The van der Waals surface area contributed by atoms with Crippen LogP contribution >= 0.6 is 0 Å². The Balaban J connectivity index is 1.23. The molecule has 4 aliphatic rings. The molecule has 6 atom stereocenters. The molecule has 0 bridgehead atoms. The summed E-state index contributed by atoms with van der Waals surface area (Å²) < 4.78 is 5.93. The van der Waals surface area contributed by atoms with E-state index in [1.54, 1.807) is 30.9 Å². The number of aliphatic carboxylic acids is 1. The Bertz CT molecular complexity index is 1750. The molecule has 14 nitrogen and oxygen atoms in total. The first-order chi connectivity index (χ1) is 25.5. The molecule has 4 N–H and O–H groups in total. The second kappa shape index (κ2) is 16.2. The molecule has 14 heteroatoms. The van der Waals surface area contributed by atoms with E-state index in [4.69, 9.17) is 4.74 Å². The number of ether oxygens (including phenoxy) is 1. The van der Waals surface area contributed by atoms with Crippen molar-refractivity contribution in [3.8, 4) is 0 Å². The van der Waals surface area contributed by atoms with Gasteiger partial charge < -0.3 is 35.6 Å². The summed E-state index contributed by atoms with van der Waals surface area (Å²) >= 11 is 0. The number of aromatic nitrogens is 1. The lowest BCUT2D eigenvalue weighted by atomic mass is 10.0. The van der Waals surface area contributed by atoms with E-state index in [1.807, 2.05) is 36.4 Å². The molecule has 53 heavy (non-hydrogen) atoms. The second-order valence-corrected chi connectivity index (χ2v) is 14.8. The maximum absolute atomic E-state index is 14.5. The molecule has 0 spiro atoms. The molecular weight excluding hydrogens is 680 g/mol. The molecule has 1 saturated heterocycles. The number of carboxylic acid groups (broad SMARTS) is 1. The normalized spacial score (nSPS) is 27.1. The van der Waals surface area contributed by atoms with Crippen LogP contribution in [0.1, 0.15) is 80.3 Å². The molecule has 282 valence electrons. The number of rotatable bonds is 7. The number of amides is 5. The summed E-state index contributed by atoms with van der Waals surface area (Å²) in [6, 6.07) is 7.86. The predicted molar refractivity (Wildman–Crippen MR) is 192 cm³/mol. The minimum atomic E-state index is -1.50. The van der Waals surface area contributed by atoms with Crippen LogP contribution in [0.2, 0.25) is 0 Å². The fourth-order valence-electron chi connectivity index (χ4n) is 7.53. The van der Waals surface area contributed by atoms with Gasteiger partial charge in [0.15, 0.2) is 0 Å². The van der Waals surface area contributed by atoms with Gasteiger partial charge >= 0.3 is 12.1 Å². The number of allylic oxidation sites excluding steroid dienone is 1. The number of hydrogen-bond donors (Lipinski definition) is 4. The molecule has 3 aliphatic heterocycles. The average Bonchev–Trinajstić information content (AvgIpc) is 3.69. The summed E-state index contributed by atoms with van der Waals surface area (Å²) in [5.41, 5.74) is 0.965. The van der Waals surface area contributed by atoms with Gasteiger partial charge in [-0.15, -0.1) is 0 Å². The van der Waals surface area contributed by atoms with Crippen molar-refractivity contribution < 1.29 is 38.6 Å². The van der Waals surface area contributed by atoms with Crippen molar-refractivity contribution in [3.63, 3.8) is 0 Å². The third kappa shape index (κ3) is 8.52. The van der Waals surface area contributed by atoms with E-state index >= 15 is 0 Å². The van der Waals surface area contributed by atoms with Crippen molar-refractivity contribution in [1.82, 2.24) is 30.7 Å². The Kier molecular flexibility index (Phi) is 11.4. The van der Waals surface area contributed by atoms with Crippen LogP contribution in [0.4, 0.5) is 4.79 Å². The maximum Gasteiger partial charge on any atom is 0.410 e. The first-order valence-corrected chi connectivity index (χ1v) is 18.5. The number of carbonyl (C=O) groups excluding carboxylic acids is 5. The van der Waals surface area contributed by atoms with Crippen LogP contribution in [0, 0.1) is 11.8 Å². The highest BCUT2D eigenvalue weighted by Gasteiger charge is 2.61. The lowest BCUT2D eigenvalue weighted by molar-refractivity contribution is -0.146. The summed E-state index contributed by atoms with van der Waals surface area (Å²) in [5.74, 6) is -4.15. The van der Waals surface area contributed by atoms with Gasteiger partial charge in [-0.2, -0.15) is 0 Å². The quantitative estimate of drug-likeness (QED) is 0.311. The number of carbonyl (C=O) groups is 6. The molecule has 0 radical (unpaired) electrons. The summed E-state index contributed by atoms with van der Waals surface area (Å²) in [6.07, 6.45) is 9.20. The van der Waals surface area contributed by atoms with E-state index < -0.39 is 71.4 Å². The molecule has 2 aromatic rings. The van der Waals surface area contributed by atoms with Crippen LogP contribution in [0.15, 0.2) is 60.9 Å². The van der Waals surface area contributed by atoms with Gasteiger partial charge in [-0.3, -0.25) is 24.2 Å². The zero-order valence-electron chi connectivity index (χ0n) is 30.2. The van der Waals surface area contributed by atoms with Gasteiger partial charge in [0.1, 0.15) is 29.8 Å². The van der Waals surface area contributed by atoms with Crippen LogP contribution in [0.5, 0.6) is 0 Å². The molecule has 1 saturated carbocycles. The van der Waals surface area contributed by atoms with E-state index in [0.717, 1.165) is 24.0 Å². The molecule has 5 amide bonds. The smallest absolute Gasteiger partial charge is 0.410 e. The largest absolute Gasteiger partial charge is 0.479 e. The van der Waals surface area contributed by atoms with Crippen molar-refractivity contribution in [2.45, 2.75) is 102 Å². The van der Waals surface area contributed by atoms with Gasteiger partial charge in [0, 0.05) is 37.8 Å². The first-order valence-electron chi connectivity index (χ1n) is 18.5. The second-order valence-electron chi connectivity index (χ2n) is 14.8. The molecule has 1 aromatic carbocycles. The van der Waals surface area contributed by atoms with Gasteiger partial charge in [-0.25, -0.2) is 9.59 Å². The number of pyridine rings is 1. The first kappa shape index (κ1) is 37.5. The molecule has 4 heterocycles. The Morgan fingerprint density at radius 2 is 1.85 bits per heavy atom. The Morgan fingerprint density at radius 3 is 2.58 bits per heavy atom. The van der Waals surface area contributed by atoms with Gasteiger partial charge in [0.25, 0.3) is 5.91 Å². The number of fused-ring (bicyclic) bond motifs is 3. The fourth-order valence-corrected chi connectivity index (χ4v) is 7.53. The van der Waals surface area contributed by atoms with Gasteiger partial charge in [-0.05, 0) is 61.3 Å². The SMILES string of the molecule is CC(C)C(NC(=O)c1cccnc1)C(=O)N[C@H]1CCCCC/C=C\[C@@H]2C[C@@]2(C(=O)O)NC(=O)[C@@H]2C[C@@H](OC(=O)N3CCc4ccccc4C3)CN2C1=O. The molecule has 1 aliphatic carbocycles. The van der Waals surface area contributed by atoms with Crippen LogP contribution in [0.3, 0.4) is 0 Å².